The summed E-state index contributed by atoms with van der Waals surface area (Å²) in [5.74, 6) is 0. The first kappa shape index (κ1) is 11.1. The Labute approximate surface area is 105 Å². The van der Waals surface area contributed by atoms with Gasteiger partial charge in [0, 0.05) is 18.5 Å². The zero-order valence-corrected chi connectivity index (χ0v) is 10.1. The Balaban J connectivity index is 1.73. The van der Waals surface area contributed by atoms with Crippen molar-refractivity contribution in [1.29, 1.82) is 0 Å². The summed E-state index contributed by atoms with van der Waals surface area (Å²) in [4.78, 5) is 20.1. The number of carbonyl (C=O) groups is 1. The van der Waals surface area contributed by atoms with Crippen molar-refractivity contribution in [3.05, 3.63) is 30.5 Å². The highest BCUT2D eigenvalue weighted by molar-refractivity contribution is 5.78. The summed E-state index contributed by atoms with van der Waals surface area (Å²) in [6.45, 7) is 1.55. The minimum Gasteiger partial charge on any atom is -0.306 e. The monoisotopic (exact) mass is 245 g/mol. The fourth-order valence-electron chi connectivity index (χ4n) is 2.20. The molecule has 5 nitrogen and oxygen atoms in total. The molecule has 2 aromatic rings. The smallest absolute Gasteiger partial charge is 0.306 e. The number of hydrogen-bond acceptors (Lipinski definition) is 3. The minimum absolute atomic E-state index is 0.317. The molecule has 1 aromatic heterocycles. The number of fused-ring (bicyclic) bond motifs is 1. The number of piperidine rings is 1. The molecule has 3 rings (SSSR count). The molecule has 0 unspecified atom stereocenters. The molecule has 5 heteroatoms. The van der Waals surface area contributed by atoms with Gasteiger partial charge >= 0.3 is 6.09 Å². The first-order chi connectivity index (χ1) is 8.83. The predicted octanol–water partition coefficient (Wildman–Crippen LogP) is 2.07. The molecule has 2 heterocycles. The van der Waals surface area contributed by atoms with Crippen molar-refractivity contribution in [2.24, 2.45) is 0 Å². The van der Waals surface area contributed by atoms with Crippen molar-refractivity contribution in [1.82, 2.24) is 14.8 Å². The molecule has 94 valence electrons. The molecule has 1 aliphatic heterocycles. The molecule has 1 amide bonds. The van der Waals surface area contributed by atoms with Gasteiger partial charge in [0.05, 0.1) is 11.7 Å². The summed E-state index contributed by atoms with van der Waals surface area (Å²) in [5.41, 5.74) is 0.823. The summed E-state index contributed by atoms with van der Waals surface area (Å²) in [6.07, 6.45) is 4.70. The van der Waals surface area contributed by atoms with Crippen molar-refractivity contribution in [2.45, 2.75) is 19.3 Å². The van der Waals surface area contributed by atoms with Gasteiger partial charge in [-0.1, -0.05) is 23.0 Å². The maximum Gasteiger partial charge on any atom is 0.435 e. The fraction of sp³-hybridized carbons (Fsp3) is 0.385. The molecular weight excluding hydrogens is 230 g/mol. The van der Waals surface area contributed by atoms with Crippen molar-refractivity contribution in [2.75, 3.05) is 13.1 Å². The van der Waals surface area contributed by atoms with Gasteiger partial charge in [0.15, 0.2) is 0 Å². The number of nitrogens with zero attached hydrogens (tertiary/aromatic N) is 3. The van der Waals surface area contributed by atoms with E-state index in [2.05, 4.69) is 5.10 Å². The van der Waals surface area contributed by atoms with Crippen molar-refractivity contribution in [3.8, 4) is 0 Å². The van der Waals surface area contributed by atoms with Crippen LogP contribution in [0.1, 0.15) is 19.3 Å². The molecule has 1 aromatic carbocycles. The third kappa shape index (κ3) is 2.16. The number of likely N-dealkylation sites (tertiary alicyclic amines) is 1. The molecule has 0 aliphatic carbocycles. The van der Waals surface area contributed by atoms with Crippen LogP contribution in [0, 0.1) is 0 Å². The van der Waals surface area contributed by atoms with E-state index in [0.29, 0.717) is 0 Å². The summed E-state index contributed by atoms with van der Waals surface area (Å²) >= 11 is 0. The van der Waals surface area contributed by atoms with E-state index >= 15 is 0 Å². The summed E-state index contributed by atoms with van der Waals surface area (Å²) < 4.78 is 0. The highest BCUT2D eigenvalue weighted by Crippen LogP contribution is 2.11. The summed E-state index contributed by atoms with van der Waals surface area (Å²) in [6, 6.07) is 7.67. The Bertz CT molecular complexity index is 525. The van der Waals surface area contributed by atoms with Crippen molar-refractivity contribution >= 4 is 17.0 Å². The second-order valence-electron chi connectivity index (χ2n) is 4.50. The molecule has 1 saturated heterocycles. The normalized spacial score (nSPS) is 15.9. The van der Waals surface area contributed by atoms with Crippen LogP contribution in [0.5, 0.6) is 0 Å². The van der Waals surface area contributed by atoms with Crippen LogP contribution < -0.4 is 4.84 Å². The number of carbonyl (C=O) groups excluding carboxylic acids is 1. The van der Waals surface area contributed by atoms with Gasteiger partial charge in [0.1, 0.15) is 0 Å². The molecule has 0 N–H and O–H groups in total. The number of hydrogen-bond donors (Lipinski definition) is 0. The lowest BCUT2D eigenvalue weighted by atomic mass is 10.1. The second-order valence-corrected chi connectivity index (χ2v) is 4.50. The van der Waals surface area contributed by atoms with Crippen molar-refractivity contribution in [3.63, 3.8) is 0 Å². The maximum absolute atomic E-state index is 11.9. The molecule has 0 spiro atoms. The van der Waals surface area contributed by atoms with Crippen LogP contribution in [0.2, 0.25) is 0 Å². The first-order valence-corrected chi connectivity index (χ1v) is 6.24. The van der Waals surface area contributed by atoms with Gasteiger partial charge in [0.25, 0.3) is 0 Å². The zero-order valence-electron chi connectivity index (χ0n) is 10.1. The topological polar surface area (TPSA) is 47.4 Å². The van der Waals surface area contributed by atoms with Crippen LogP contribution in [-0.2, 0) is 0 Å². The van der Waals surface area contributed by atoms with Gasteiger partial charge in [0.2, 0.25) is 0 Å². The number of benzene rings is 1. The van der Waals surface area contributed by atoms with Crippen LogP contribution in [0.25, 0.3) is 10.9 Å². The average Bonchev–Trinajstić information content (AvgIpc) is 2.82. The highest BCUT2D eigenvalue weighted by Gasteiger charge is 2.18. The molecule has 1 aliphatic rings. The van der Waals surface area contributed by atoms with E-state index < -0.39 is 0 Å². The molecule has 1 fully saturated rings. The van der Waals surface area contributed by atoms with Gasteiger partial charge in [-0.15, -0.1) is 5.10 Å². The van der Waals surface area contributed by atoms with Crippen molar-refractivity contribution < 1.29 is 9.63 Å². The predicted molar refractivity (Wildman–Crippen MR) is 67.1 cm³/mol. The molecule has 0 saturated carbocycles. The third-order valence-electron chi connectivity index (χ3n) is 3.18. The minimum atomic E-state index is -0.317. The summed E-state index contributed by atoms with van der Waals surface area (Å²) in [7, 11) is 0. The van der Waals surface area contributed by atoms with Gasteiger partial charge in [-0.3, -0.25) is 4.84 Å². The Morgan fingerprint density at radius 3 is 2.72 bits per heavy atom. The van der Waals surface area contributed by atoms with Crippen LogP contribution in [0.4, 0.5) is 4.79 Å². The Morgan fingerprint density at radius 2 is 1.94 bits per heavy atom. The van der Waals surface area contributed by atoms with E-state index in [-0.39, 0.29) is 6.09 Å². The third-order valence-corrected chi connectivity index (χ3v) is 3.18. The molecule has 0 atom stereocenters. The maximum atomic E-state index is 11.9. The molecule has 0 bridgehead atoms. The molecule has 18 heavy (non-hydrogen) atoms. The van der Waals surface area contributed by atoms with Crippen LogP contribution in [-0.4, -0.2) is 34.0 Å². The van der Waals surface area contributed by atoms with Crippen LogP contribution >= 0.6 is 0 Å². The van der Waals surface area contributed by atoms with Gasteiger partial charge < -0.3 is 4.90 Å². The van der Waals surface area contributed by atoms with Gasteiger partial charge in [-0.25, -0.2) is 4.79 Å². The fourth-order valence-corrected chi connectivity index (χ4v) is 2.20. The quantitative estimate of drug-likeness (QED) is 0.772. The number of aromatic nitrogens is 2. The van der Waals surface area contributed by atoms with E-state index in [9.17, 15) is 4.79 Å². The van der Waals surface area contributed by atoms with Gasteiger partial charge in [-0.05, 0) is 25.3 Å². The van der Waals surface area contributed by atoms with Gasteiger partial charge in [-0.2, -0.15) is 0 Å². The summed E-state index contributed by atoms with van der Waals surface area (Å²) in [5, 5.41) is 5.16. The van der Waals surface area contributed by atoms with Crippen LogP contribution in [0.15, 0.2) is 30.5 Å². The van der Waals surface area contributed by atoms with E-state index in [1.165, 1.54) is 11.3 Å². The van der Waals surface area contributed by atoms with E-state index in [0.717, 1.165) is 36.8 Å². The molecule has 0 radical (unpaired) electrons. The average molecular weight is 245 g/mol. The lowest BCUT2D eigenvalue weighted by molar-refractivity contribution is 0.0739. The van der Waals surface area contributed by atoms with Crippen LogP contribution in [0.3, 0.4) is 0 Å². The highest BCUT2D eigenvalue weighted by atomic mass is 16.7. The largest absolute Gasteiger partial charge is 0.435 e. The number of rotatable bonds is 1. The SMILES string of the molecule is O=C(On1cc2ccccc2n1)N1CCCCC1. The lowest BCUT2D eigenvalue weighted by Crippen LogP contribution is -2.40. The Morgan fingerprint density at radius 1 is 1.17 bits per heavy atom. The number of amides is 1. The second kappa shape index (κ2) is 4.68. The first-order valence-electron chi connectivity index (χ1n) is 6.24. The molecular formula is C13H15N3O2. The zero-order chi connectivity index (χ0) is 12.4. The standard InChI is InChI=1S/C13H15N3O2/c17-13(15-8-4-1-5-9-15)18-16-10-11-6-2-3-7-12(11)14-16/h2-3,6-7,10H,1,4-5,8-9H2. The Hall–Kier alpha value is -2.04. The van der Waals surface area contributed by atoms with E-state index in [1.807, 2.05) is 24.3 Å². The lowest BCUT2D eigenvalue weighted by Gasteiger charge is -2.24. The van der Waals surface area contributed by atoms with E-state index in [1.54, 1.807) is 11.1 Å². The van der Waals surface area contributed by atoms with E-state index in [4.69, 9.17) is 4.84 Å². The Kier molecular flexibility index (Phi) is 2.88.